The molecule has 0 aliphatic rings. The van der Waals surface area contributed by atoms with Gasteiger partial charge in [0.05, 0.1) is 12.2 Å². The average Bonchev–Trinajstić information content (AvgIpc) is 3.26. The molecule has 7 nitrogen and oxygen atoms in total. The summed E-state index contributed by atoms with van der Waals surface area (Å²) in [6.45, 7) is 5.93. The smallest absolute Gasteiger partial charge is 0.341 e. The second kappa shape index (κ2) is 8.71. The Kier molecular flexibility index (Phi) is 6.10. The van der Waals surface area contributed by atoms with Crippen LogP contribution in [-0.2, 0) is 11.5 Å². The maximum atomic E-state index is 12.6. The zero-order chi connectivity index (χ0) is 20.1. The second-order valence-corrected chi connectivity index (χ2v) is 7.21. The number of carbonyl (C=O) groups excluding carboxylic acids is 2. The van der Waals surface area contributed by atoms with Crippen molar-refractivity contribution in [3.05, 3.63) is 64.3 Å². The molecule has 1 N–H and O–H groups in total. The van der Waals surface area contributed by atoms with E-state index in [9.17, 15) is 9.59 Å². The normalized spacial score (nSPS) is 10.5. The van der Waals surface area contributed by atoms with E-state index in [1.54, 1.807) is 19.2 Å². The van der Waals surface area contributed by atoms with Gasteiger partial charge in [-0.1, -0.05) is 18.2 Å². The van der Waals surface area contributed by atoms with Gasteiger partial charge in [-0.25, -0.2) is 9.48 Å². The number of carbonyl (C=O) groups is 2. The highest BCUT2D eigenvalue weighted by Gasteiger charge is 2.23. The van der Waals surface area contributed by atoms with Crippen molar-refractivity contribution in [3.63, 3.8) is 0 Å². The number of ether oxygens (including phenoxy) is 2. The number of para-hydroxylation sites is 1. The lowest BCUT2D eigenvalue weighted by molar-refractivity contribution is 0.0527. The summed E-state index contributed by atoms with van der Waals surface area (Å²) in [4.78, 5) is 25.8. The van der Waals surface area contributed by atoms with Crippen molar-refractivity contribution < 1.29 is 19.1 Å². The molecule has 2 heterocycles. The summed E-state index contributed by atoms with van der Waals surface area (Å²) in [5, 5.41) is 7.47. The summed E-state index contributed by atoms with van der Waals surface area (Å²) in [5.41, 5.74) is 1.43. The van der Waals surface area contributed by atoms with Gasteiger partial charge >= 0.3 is 5.97 Å². The first-order chi connectivity index (χ1) is 13.5. The van der Waals surface area contributed by atoms with E-state index in [1.807, 2.05) is 44.2 Å². The first-order valence-electron chi connectivity index (χ1n) is 8.79. The molecule has 0 unspecified atom stereocenters. The standard InChI is InChI=1S/C20H21N3O4S/c1-4-26-20(25)17-13(2)14(3)28-19(17)21-18(24)16-10-11-23(22-16)12-27-15-8-6-5-7-9-15/h5-11H,4,12H2,1-3H3,(H,21,24). The minimum Gasteiger partial charge on any atom is -0.471 e. The van der Waals surface area contributed by atoms with Gasteiger partial charge in [-0.2, -0.15) is 5.10 Å². The summed E-state index contributed by atoms with van der Waals surface area (Å²) in [5.74, 6) is -0.126. The fourth-order valence-electron chi connectivity index (χ4n) is 2.54. The molecule has 3 rings (SSSR count). The number of esters is 1. The molecule has 0 fully saturated rings. The third-order valence-electron chi connectivity index (χ3n) is 4.07. The van der Waals surface area contributed by atoms with Gasteiger partial charge in [0.1, 0.15) is 10.8 Å². The molecular formula is C20H21N3O4S. The Hall–Kier alpha value is -3.13. The van der Waals surface area contributed by atoms with E-state index in [4.69, 9.17) is 9.47 Å². The minimum absolute atomic E-state index is 0.183. The molecule has 0 saturated heterocycles. The molecule has 8 heteroatoms. The van der Waals surface area contributed by atoms with Crippen LogP contribution in [0.4, 0.5) is 5.00 Å². The number of nitrogens with one attached hydrogen (secondary N) is 1. The number of hydrogen-bond donors (Lipinski definition) is 1. The van der Waals surface area contributed by atoms with E-state index >= 15 is 0 Å². The molecular weight excluding hydrogens is 378 g/mol. The third kappa shape index (κ3) is 4.40. The van der Waals surface area contributed by atoms with Gasteiger partial charge in [0.15, 0.2) is 12.4 Å². The Balaban J connectivity index is 1.70. The monoisotopic (exact) mass is 399 g/mol. The van der Waals surface area contributed by atoms with E-state index in [1.165, 1.54) is 16.0 Å². The molecule has 146 valence electrons. The molecule has 0 atom stereocenters. The van der Waals surface area contributed by atoms with Crippen molar-refractivity contribution in [2.24, 2.45) is 0 Å². The van der Waals surface area contributed by atoms with Crippen LogP contribution in [0.5, 0.6) is 5.75 Å². The van der Waals surface area contributed by atoms with E-state index in [0.29, 0.717) is 16.3 Å². The first kappa shape index (κ1) is 19.6. The Morgan fingerprint density at radius 1 is 1.18 bits per heavy atom. The van der Waals surface area contributed by atoms with Gasteiger partial charge in [0, 0.05) is 11.1 Å². The predicted molar refractivity (Wildman–Crippen MR) is 107 cm³/mol. The van der Waals surface area contributed by atoms with Crippen LogP contribution in [-0.4, -0.2) is 28.3 Å². The van der Waals surface area contributed by atoms with Crippen LogP contribution in [0, 0.1) is 13.8 Å². The lowest BCUT2D eigenvalue weighted by Crippen LogP contribution is -2.16. The van der Waals surface area contributed by atoms with Crippen molar-refractivity contribution >= 4 is 28.2 Å². The molecule has 3 aromatic rings. The highest BCUT2D eigenvalue weighted by molar-refractivity contribution is 7.16. The van der Waals surface area contributed by atoms with Crippen LogP contribution in [0.25, 0.3) is 0 Å². The summed E-state index contributed by atoms with van der Waals surface area (Å²) >= 11 is 1.34. The summed E-state index contributed by atoms with van der Waals surface area (Å²) in [7, 11) is 0. The molecule has 28 heavy (non-hydrogen) atoms. The van der Waals surface area contributed by atoms with Crippen LogP contribution in [0.2, 0.25) is 0 Å². The topological polar surface area (TPSA) is 82.5 Å². The van der Waals surface area contributed by atoms with Gasteiger partial charge in [0.25, 0.3) is 5.91 Å². The maximum absolute atomic E-state index is 12.6. The molecule has 0 aliphatic carbocycles. The van der Waals surface area contributed by atoms with Gasteiger partial charge < -0.3 is 14.8 Å². The van der Waals surface area contributed by atoms with Crippen LogP contribution >= 0.6 is 11.3 Å². The molecule has 0 spiro atoms. The highest BCUT2D eigenvalue weighted by Crippen LogP contribution is 2.33. The number of aryl methyl sites for hydroxylation is 1. The average molecular weight is 399 g/mol. The van der Waals surface area contributed by atoms with E-state index in [2.05, 4.69) is 10.4 Å². The number of anilines is 1. The van der Waals surface area contributed by atoms with Gasteiger partial charge in [-0.05, 0) is 44.5 Å². The van der Waals surface area contributed by atoms with Gasteiger partial charge in [0.2, 0.25) is 0 Å². The minimum atomic E-state index is -0.443. The third-order valence-corrected chi connectivity index (χ3v) is 5.19. The lowest BCUT2D eigenvalue weighted by atomic mass is 10.1. The molecule has 0 radical (unpaired) electrons. The highest BCUT2D eigenvalue weighted by atomic mass is 32.1. The number of aromatic nitrogens is 2. The number of thiophene rings is 1. The Labute approximate surface area is 166 Å². The van der Waals surface area contributed by atoms with E-state index in [-0.39, 0.29) is 19.0 Å². The summed E-state index contributed by atoms with van der Waals surface area (Å²) < 4.78 is 12.2. The van der Waals surface area contributed by atoms with Crippen molar-refractivity contribution in [3.8, 4) is 5.75 Å². The van der Waals surface area contributed by atoms with Gasteiger partial charge in [-0.15, -0.1) is 11.3 Å². The van der Waals surface area contributed by atoms with Crippen LogP contribution < -0.4 is 10.1 Å². The first-order valence-corrected chi connectivity index (χ1v) is 9.61. The molecule has 1 amide bonds. The maximum Gasteiger partial charge on any atom is 0.341 e. The molecule has 0 saturated carbocycles. The fourth-order valence-corrected chi connectivity index (χ4v) is 3.59. The molecule has 2 aromatic heterocycles. The zero-order valence-electron chi connectivity index (χ0n) is 15.9. The van der Waals surface area contributed by atoms with Crippen LogP contribution in [0.3, 0.4) is 0 Å². The quantitative estimate of drug-likeness (QED) is 0.607. The van der Waals surface area contributed by atoms with E-state index in [0.717, 1.165) is 10.4 Å². The van der Waals surface area contributed by atoms with Crippen LogP contribution in [0.1, 0.15) is 38.2 Å². The van der Waals surface area contributed by atoms with Gasteiger partial charge in [-0.3, -0.25) is 4.79 Å². The summed E-state index contributed by atoms with van der Waals surface area (Å²) in [6, 6.07) is 10.9. The fraction of sp³-hybridized carbons (Fsp3) is 0.250. The Morgan fingerprint density at radius 2 is 1.93 bits per heavy atom. The van der Waals surface area contributed by atoms with Crippen molar-refractivity contribution in [1.82, 2.24) is 9.78 Å². The van der Waals surface area contributed by atoms with Crippen molar-refractivity contribution in [2.45, 2.75) is 27.5 Å². The Bertz CT molecular complexity index is 979. The SMILES string of the molecule is CCOC(=O)c1c(NC(=O)c2ccn(COc3ccccc3)n2)sc(C)c1C. The number of nitrogens with zero attached hydrogens (tertiary/aromatic N) is 2. The van der Waals surface area contributed by atoms with Crippen molar-refractivity contribution in [2.75, 3.05) is 11.9 Å². The van der Waals surface area contributed by atoms with Crippen LogP contribution in [0.15, 0.2) is 42.6 Å². The van der Waals surface area contributed by atoms with E-state index < -0.39 is 11.9 Å². The Morgan fingerprint density at radius 3 is 2.64 bits per heavy atom. The molecule has 0 aliphatic heterocycles. The zero-order valence-corrected chi connectivity index (χ0v) is 16.7. The number of rotatable bonds is 7. The second-order valence-electron chi connectivity index (χ2n) is 5.99. The number of amides is 1. The molecule has 1 aromatic carbocycles. The van der Waals surface area contributed by atoms with Crippen molar-refractivity contribution in [1.29, 1.82) is 0 Å². The number of benzene rings is 1. The molecule has 0 bridgehead atoms. The number of hydrogen-bond acceptors (Lipinski definition) is 6. The lowest BCUT2D eigenvalue weighted by Gasteiger charge is -2.07. The summed E-state index contributed by atoms with van der Waals surface area (Å²) in [6.07, 6.45) is 1.66. The largest absolute Gasteiger partial charge is 0.471 e. The predicted octanol–water partition coefficient (Wildman–Crippen LogP) is 4.03.